The van der Waals surface area contributed by atoms with Gasteiger partial charge in [0.2, 0.25) is 0 Å². The van der Waals surface area contributed by atoms with Crippen LogP contribution in [0.2, 0.25) is 0 Å². The highest BCUT2D eigenvalue weighted by Crippen LogP contribution is 2.14. The van der Waals surface area contributed by atoms with Gasteiger partial charge in [-0.25, -0.2) is 0 Å². The number of ether oxygens (including phenoxy) is 1. The third kappa shape index (κ3) is 5.12. The molecule has 110 valence electrons. The average molecular weight is 293 g/mol. The van der Waals surface area contributed by atoms with E-state index in [4.69, 9.17) is 9.15 Å². The first kappa shape index (κ1) is 15.3. The molecule has 0 saturated carbocycles. The summed E-state index contributed by atoms with van der Waals surface area (Å²) >= 11 is 1.78. The van der Waals surface area contributed by atoms with Crippen molar-refractivity contribution in [2.45, 2.75) is 45.9 Å². The molecule has 0 aliphatic heterocycles. The average Bonchev–Trinajstić information content (AvgIpc) is 3.03. The van der Waals surface area contributed by atoms with Crippen molar-refractivity contribution in [3.05, 3.63) is 46.0 Å². The van der Waals surface area contributed by atoms with Gasteiger partial charge in [-0.05, 0) is 38.3 Å². The molecule has 4 heteroatoms. The summed E-state index contributed by atoms with van der Waals surface area (Å²) in [5, 5.41) is 5.53. The predicted molar refractivity (Wildman–Crippen MR) is 83.0 cm³/mol. The SMILES string of the molecule is CC(C)(C)NCc1occc1COCCc1cccs1. The molecular formula is C16H23NO2S. The van der Waals surface area contributed by atoms with E-state index in [0.29, 0.717) is 6.61 Å². The number of thiophene rings is 1. The fourth-order valence-corrected chi connectivity index (χ4v) is 2.50. The fraction of sp³-hybridized carbons (Fsp3) is 0.500. The van der Waals surface area contributed by atoms with E-state index in [9.17, 15) is 0 Å². The summed E-state index contributed by atoms with van der Waals surface area (Å²) in [6, 6.07) is 6.21. The fourth-order valence-electron chi connectivity index (χ4n) is 1.81. The van der Waals surface area contributed by atoms with Crippen LogP contribution in [-0.2, 0) is 24.3 Å². The van der Waals surface area contributed by atoms with E-state index >= 15 is 0 Å². The van der Waals surface area contributed by atoms with E-state index in [2.05, 4.69) is 43.6 Å². The highest BCUT2D eigenvalue weighted by Gasteiger charge is 2.12. The molecule has 0 atom stereocenters. The van der Waals surface area contributed by atoms with Gasteiger partial charge in [0.1, 0.15) is 5.76 Å². The molecule has 0 bridgehead atoms. The second-order valence-electron chi connectivity index (χ2n) is 5.85. The van der Waals surface area contributed by atoms with Crippen LogP contribution >= 0.6 is 11.3 Å². The van der Waals surface area contributed by atoms with Gasteiger partial charge in [-0.15, -0.1) is 11.3 Å². The Bertz CT molecular complexity index is 497. The Labute approximate surface area is 125 Å². The molecule has 0 fully saturated rings. The smallest absolute Gasteiger partial charge is 0.123 e. The zero-order valence-electron chi connectivity index (χ0n) is 12.4. The van der Waals surface area contributed by atoms with Gasteiger partial charge < -0.3 is 14.5 Å². The van der Waals surface area contributed by atoms with E-state index in [-0.39, 0.29) is 5.54 Å². The van der Waals surface area contributed by atoms with Gasteiger partial charge in [-0.3, -0.25) is 0 Å². The molecule has 0 saturated heterocycles. The summed E-state index contributed by atoms with van der Waals surface area (Å²) < 4.78 is 11.3. The molecule has 0 aliphatic carbocycles. The zero-order chi connectivity index (χ0) is 14.4. The normalized spacial score (nSPS) is 11.9. The molecule has 0 unspecified atom stereocenters. The van der Waals surface area contributed by atoms with Crippen molar-refractivity contribution in [1.82, 2.24) is 5.32 Å². The van der Waals surface area contributed by atoms with Gasteiger partial charge in [0.15, 0.2) is 0 Å². The first-order chi connectivity index (χ1) is 9.54. The van der Waals surface area contributed by atoms with E-state index in [1.54, 1.807) is 17.6 Å². The third-order valence-corrected chi connectivity index (χ3v) is 3.88. The van der Waals surface area contributed by atoms with Gasteiger partial charge in [0.25, 0.3) is 0 Å². The van der Waals surface area contributed by atoms with Crippen molar-refractivity contribution in [2.24, 2.45) is 0 Å². The Morgan fingerprint density at radius 3 is 2.85 bits per heavy atom. The van der Waals surface area contributed by atoms with Gasteiger partial charge in [-0.2, -0.15) is 0 Å². The summed E-state index contributed by atoms with van der Waals surface area (Å²) in [6.07, 6.45) is 2.71. The van der Waals surface area contributed by atoms with Gasteiger partial charge >= 0.3 is 0 Å². The Hall–Kier alpha value is -1.10. The molecule has 2 rings (SSSR count). The van der Waals surface area contributed by atoms with Crippen LogP contribution in [0.4, 0.5) is 0 Å². The van der Waals surface area contributed by atoms with Gasteiger partial charge in [-0.1, -0.05) is 6.07 Å². The first-order valence-corrected chi connectivity index (χ1v) is 7.83. The Morgan fingerprint density at radius 2 is 2.15 bits per heavy atom. The maximum Gasteiger partial charge on any atom is 0.123 e. The summed E-state index contributed by atoms with van der Waals surface area (Å²) in [7, 11) is 0. The van der Waals surface area contributed by atoms with Crippen LogP contribution in [0.1, 0.15) is 37.0 Å². The van der Waals surface area contributed by atoms with E-state index in [0.717, 1.165) is 30.9 Å². The third-order valence-electron chi connectivity index (χ3n) is 2.95. The molecule has 2 heterocycles. The maximum absolute atomic E-state index is 5.74. The van der Waals surface area contributed by atoms with E-state index < -0.39 is 0 Å². The van der Waals surface area contributed by atoms with Crippen molar-refractivity contribution >= 4 is 11.3 Å². The Kier molecular flexibility index (Phi) is 5.40. The molecular weight excluding hydrogens is 270 g/mol. The Morgan fingerprint density at radius 1 is 1.30 bits per heavy atom. The summed E-state index contributed by atoms with van der Waals surface area (Å²) in [5.74, 6) is 0.969. The molecule has 2 aromatic rings. The van der Waals surface area contributed by atoms with Crippen LogP contribution in [0.25, 0.3) is 0 Å². The van der Waals surface area contributed by atoms with E-state index in [1.165, 1.54) is 4.88 Å². The lowest BCUT2D eigenvalue weighted by molar-refractivity contribution is 0.122. The molecule has 2 aromatic heterocycles. The van der Waals surface area contributed by atoms with Crippen LogP contribution in [0.15, 0.2) is 34.3 Å². The topological polar surface area (TPSA) is 34.4 Å². The Balaban J connectivity index is 1.74. The highest BCUT2D eigenvalue weighted by molar-refractivity contribution is 7.09. The predicted octanol–water partition coefficient (Wildman–Crippen LogP) is 3.99. The van der Waals surface area contributed by atoms with Crippen LogP contribution in [0, 0.1) is 0 Å². The molecule has 0 aliphatic rings. The quantitative estimate of drug-likeness (QED) is 0.784. The van der Waals surface area contributed by atoms with Crippen molar-refractivity contribution in [3.8, 4) is 0 Å². The molecule has 1 N–H and O–H groups in total. The maximum atomic E-state index is 5.74. The molecule has 3 nitrogen and oxygen atoms in total. The minimum absolute atomic E-state index is 0.0874. The highest BCUT2D eigenvalue weighted by atomic mass is 32.1. The summed E-state index contributed by atoms with van der Waals surface area (Å²) in [6.45, 7) is 8.54. The van der Waals surface area contributed by atoms with Gasteiger partial charge in [0.05, 0.1) is 26.0 Å². The summed E-state index contributed by atoms with van der Waals surface area (Å²) in [4.78, 5) is 1.37. The zero-order valence-corrected chi connectivity index (χ0v) is 13.3. The standard InChI is InChI=1S/C16H23NO2S/c1-16(2,3)17-11-15-13(6-9-19-15)12-18-8-7-14-5-4-10-20-14/h4-6,9-10,17H,7-8,11-12H2,1-3H3. The lowest BCUT2D eigenvalue weighted by atomic mass is 10.1. The number of rotatable bonds is 7. The van der Waals surface area contributed by atoms with Crippen molar-refractivity contribution in [3.63, 3.8) is 0 Å². The number of hydrogen-bond acceptors (Lipinski definition) is 4. The van der Waals surface area contributed by atoms with Gasteiger partial charge in [0, 0.05) is 22.4 Å². The number of hydrogen-bond donors (Lipinski definition) is 1. The minimum atomic E-state index is 0.0874. The second-order valence-corrected chi connectivity index (χ2v) is 6.89. The monoisotopic (exact) mass is 293 g/mol. The van der Waals surface area contributed by atoms with Crippen molar-refractivity contribution < 1.29 is 9.15 Å². The molecule has 20 heavy (non-hydrogen) atoms. The van der Waals surface area contributed by atoms with Crippen molar-refractivity contribution in [2.75, 3.05) is 6.61 Å². The minimum Gasteiger partial charge on any atom is -0.468 e. The van der Waals surface area contributed by atoms with Crippen LogP contribution in [0.3, 0.4) is 0 Å². The number of nitrogens with one attached hydrogen (secondary N) is 1. The summed E-state index contributed by atoms with van der Waals surface area (Å²) in [5.41, 5.74) is 1.22. The number of furan rings is 1. The van der Waals surface area contributed by atoms with E-state index in [1.807, 2.05) is 6.07 Å². The lowest BCUT2D eigenvalue weighted by Gasteiger charge is -2.20. The largest absolute Gasteiger partial charge is 0.468 e. The van der Waals surface area contributed by atoms with Crippen LogP contribution in [0.5, 0.6) is 0 Å². The molecule has 0 aromatic carbocycles. The lowest BCUT2D eigenvalue weighted by Crippen LogP contribution is -2.35. The van der Waals surface area contributed by atoms with Crippen molar-refractivity contribution in [1.29, 1.82) is 0 Å². The molecule has 0 amide bonds. The second kappa shape index (κ2) is 7.07. The van der Waals surface area contributed by atoms with Crippen LogP contribution in [-0.4, -0.2) is 12.1 Å². The first-order valence-electron chi connectivity index (χ1n) is 6.95. The molecule has 0 radical (unpaired) electrons. The van der Waals surface area contributed by atoms with Crippen LogP contribution < -0.4 is 5.32 Å². The molecule has 0 spiro atoms.